The number of carbonyl (C=O) groups excluding carboxylic acids is 1. The van der Waals surface area contributed by atoms with Crippen LogP contribution in [0.15, 0.2) is 47.4 Å². The second kappa shape index (κ2) is 5.85. The highest BCUT2D eigenvalue weighted by Gasteiger charge is 2.24. The van der Waals surface area contributed by atoms with E-state index in [1.165, 1.54) is 6.07 Å². The SMILES string of the molecule is O=C(c1ccc(F)cc1F)N1CCCSc2ccccc21. The number of hydrogen-bond acceptors (Lipinski definition) is 2. The predicted molar refractivity (Wildman–Crippen MR) is 79.8 cm³/mol. The van der Waals surface area contributed by atoms with Crippen LogP contribution in [0.5, 0.6) is 0 Å². The molecule has 0 aliphatic carbocycles. The first-order valence-electron chi connectivity index (χ1n) is 6.65. The molecule has 5 heteroatoms. The summed E-state index contributed by atoms with van der Waals surface area (Å²) in [4.78, 5) is 15.2. The fourth-order valence-electron chi connectivity index (χ4n) is 2.35. The highest BCUT2D eigenvalue weighted by Crippen LogP contribution is 2.34. The second-order valence-electron chi connectivity index (χ2n) is 4.75. The van der Waals surface area contributed by atoms with Gasteiger partial charge in [0.15, 0.2) is 0 Å². The van der Waals surface area contributed by atoms with Crippen molar-refractivity contribution in [1.82, 2.24) is 0 Å². The average molecular weight is 305 g/mol. The number of anilines is 1. The minimum Gasteiger partial charge on any atom is -0.307 e. The van der Waals surface area contributed by atoms with Gasteiger partial charge in [0, 0.05) is 17.5 Å². The van der Waals surface area contributed by atoms with E-state index in [1.54, 1.807) is 16.7 Å². The van der Waals surface area contributed by atoms with E-state index in [2.05, 4.69) is 0 Å². The van der Waals surface area contributed by atoms with Gasteiger partial charge in [-0.15, -0.1) is 11.8 Å². The Balaban J connectivity index is 2.01. The van der Waals surface area contributed by atoms with Gasteiger partial charge < -0.3 is 4.90 Å². The van der Waals surface area contributed by atoms with Crippen LogP contribution in [-0.4, -0.2) is 18.2 Å². The molecule has 3 rings (SSSR count). The number of fused-ring (bicyclic) bond motifs is 1. The number of amides is 1. The average Bonchev–Trinajstić information content (AvgIpc) is 2.69. The summed E-state index contributed by atoms with van der Waals surface area (Å²) in [5, 5.41) is 0. The molecule has 0 aromatic heterocycles. The maximum atomic E-state index is 13.8. The Hall–Kier alpha value is -1.88. The third kappa shape index (κ3) is 2.78. The maximum Gasteiger partial charge on any atom is 0.261 e. The maximum absolute atomic E-state index is 13.8. The number of carbonyl (C=O) groups is 1. The summed E-state index contributed by atoms with van der Waals surface area (Å²) in [6.45, 7) is 0.527. The van der Waals surface area contributed by atoms with Crippen molar-refractivity contribution in [2.24, 2.45) is 0 Å². The van der Waals surface area contributed by atoms with Crippen molar-refractivity contribution in [1.29, 1.82) is 0 Å². The lowest BCUT2D eigenvalue weighted by molar-refractivity contribution is 0.0982. The molecule has 0 spiro atoms. The van der Waals surface area contributed by atoms with Gasteiger partial charge in [-0.05, 0) is 36.4 Å². The molecule has 0 saturated heterocycles. The molecular formula is C16H13F2NOS. The van der Waals surface area contributed by atoms with Crippen molar-refractivity contribution < 1.29 is 13.6 Å². The topological polar surface area (TPSA) is 20.3 Å². The summed E-state index contributed by atoms with van der Waals surface area (Å²) in [6, 6.07) is 10.6. The van der Waals surface area contributed by atoms with E-state index in [4.69, 9.17) is 0 Å². The summed E-state index contributed by atoms with van der Waals surface area (Å²) in [6.07, 6.45) is 0.827. The first-order chi connectivity index (χ1) is 10.2. The van der Waals surface area contributed by atoms with E-state index in [-0.39, 0.29) is 5.56 Å². The van der Waals surface area contributed by atoms with E-state index in [0.717, 1.165) is 34.9 Å². The molecule has 0 atom stereocenters. The minimum absolute atomic E-state index is 0.0990. The molecule has 108 valence electrons. The standard InChI is InChI=1S/C16H13F2NOS/c17-11-6-7-12(13(18)10-11)16(20)19-8-3-9-21-15-5-2-1-4-14(15)19/h1-2,4-7,10H,3,8-9H2. The van der Waals surface area contributed by atoms with Crippen LogP contribution in [0.4, 0.5) is 14.5 Å². The number of benzene rings is 2. The summed E-state index contributed by atoms with van der Waals surface area (Å²) in [5.74, 6) is -1.03. The Morgan fingerprint density at radius 1 is 1.14 bits per heavy atom. The second-order valence-corrected chi connectivity index (χ2v) is 5.89. The summed E-state index contributed by atoms with van der Waals surface area (Å²) in [7, 11) is 0. The molecular weight excluding hydrogens is 292 g/mol. The van der Waals surface area contributed by atoms with Crippen LogP contribution in [0.2, 0.25) is 0 Å². The van der Waals surface area contributed by atoms with Gasteiger partial charge in [-0.3, -0.25) is 4.79 Å². The van der Waals surface area contributed by atoms with Gasteiger partial charge >= 0.3 is 0 Å². The van der Waals surface area contributed by atoms with E-state index >= 15 is 0 Å². The smallest absolute Gasteiger partial charge is 0.261 e. The van der Waals surface area contributed by atoms with Crippen molar-refractivity contribution in [2.45, 2.75) is 11.3 Å². The Morgan fingerprint density at radius 2 is 1.95 bits per heavy atom. The van der Waals surface area contributed by atoms with Crippen LogP contribution in [0.3, 0.4) is 0 Å². The van der Waals surface area contributed by atoms with Gasteiger partial charge in [0.1, 0.15) is 11.6 Å². The molecule has 0 saturated carbocycles. The molecule has 1 heterocycles. The van der Waals surface area contributed by atoms with Crippen molar-refractivity contribution in [3.05, 3.63) is 59.7 Å². The molecule has 1 aliphatic heterocycles. The summed E-state index contributed by atoms with van der Waals surface area (Å²) in [5.41, 5.74) is 0.687. The van der Waals surface area contributed by atoms with E-state index < -0.39 is 17.5 Å². The fraction of sp³-hybridized carbons (Fsp3) is 0.188. The van der Waals surface area contributed by atoms with Crippen molar-refractivity contribution >= 4 is 23.4 Å². The van der Waals surface area contributed by atoms with Gasteiger partial charge in [-0.1, -0.05) is 12.1 Å². The number of para-hydroxylation sites is 1. The quantitative estimate of drug-likeness (QED) is 0.790. The van der Waals surface area contributed by atoms with Crippen molar-refractivity contribution in [3.63, 3.8) is 0 Å². The molecule has 0 bridgehead atoms. The third-order valence-electron chi connectivity index (χ3n) is 3.35. The van der Waals surface area contributed by atoms with E-state index in [1.807, 2.05) is 24.3 Å². The van der Waals surface area contributed by atoms with Crippen molar-refractivity contribution in [3.8, 4) is 0 Å². The van der Waals surface area contributed by atoms with Crippen LogP contribution in [-0.2, 0) is 0 Å². The van der Waals surface area contributed by atoms with E-state index in [0.29, 0.717) is 6.54 Å². The van der Waals surface area contributed by atoms with Crippen LogP contribution >= 0.6 is 11.8 Å². The number of rotatable bonds is 1. The summed E-state index contributed by atoms with van der Waals surface area (Å²) < 4.78 is 26.8. The highest BCUT2D eigenvalue weighted by molar-refractivity contribution is 7.99. The minimum atomic E-state index is -0.825. The lowest BCUT2D eigenvalue weighted by atomic mass is 10.1. The van der Waals surface area contributed by atoms with Gasteiger partial charge in [-0.2, -0.15) is 0 Å². The number of hydrogen-bond donors (Lipinski definition) is 0. The predicted octanol–water partition coefficient (Wildman–Crippen LogP) is 4.11. The summed E-state index contributed by atoms with van der Waals surface area (Å²) >= 11 is 1.68. The number of nitrogens with zero attached hydrogens (tertiary/aromatic N) is 1. The van der Waals surface area contributed by atoms with Crippen LogP contribution in [0.25, 0.3) is 0 Å². The van der Waals surface area contributed by atoms with Gasteiger partial charge in [0.2, 0.25) is 0 Å². The van der Waals surface area contributed by atoms with Crippen molar-refractivity contribution in [2.75, 3.05) is 17.2 Å². The molecule has 21 heavy (non-hydrogen) atoms. The number of halogens is 2. The van der Waals surface area contributed by atoms with E-state index in [9.17, 15) is 13.6 Å². The first kappa shape index (κ1) is 14.1. The zero-order chi connectivity index (χ0) is 14.8. The highest BCUT2D eigenvalue weighted by atomic mass is 32.2. The van der Waals surface area contributed by atoms with Gasteiger partial charge in [0.05, 0.1) is 11.3 Å². The Kier molecular flexibility index (Phi) is 3.92. The molecule has 0 N–H and O–H groups in total. The Bertz CT molecular complexity index is 690. The molecule has 2 aromatic carbocycles. The molecule has 0 radical (unpaired) electrons. The Labute approximate surface area is 125 Å². The Morgan fingerprint density at radius 3 is 2.76 bits per heavy atom. The third-order valence-corrected chi connectivity index (χ3v) is 4.50. The normalized spacial score (nSPS) is 14.5. The monoisotopic (exact) mass is 305 g/mol. The van der Waals surface area contributed by atoms with Gasteiger partial charge in [0.25, 0.3) is 5.91 Å². The molecule has 1 amide bonds. The molecule has 1 aliphatic rings. The fourth-order valence-corrected chi connectivity index (χ4v) is 3.34. The number of thioether (sulfide) groups is 1. The molecule has 2 nitrogen and oxygen atoms in total. The molecule has 0 fully saturated rings. The first-order valence-corrected chi connectivity index (χ1v) is 7.64. The van der Waals surface area contributed by atoms with Crippen LogP contribution in [0, 0.1) is 11.6 Å². The molecule has 2 aromatic rings. The lowest BCUT2D eigenvalue weighted by Gasteiger charge is -2.22. The zero-order valence-corrected chi connectivity index (χ0v) is 12.0. The zero-order valence-electron chi connectivity index (χ0n) is 11.2. The lowest BCUT2D eigenvalue weighted by Crippen LogP contribution is -2.32. The van der Waals surface area contributed by atoms with Crippen LogP contribution < -0.4 is 4.90 Å². The molecule has 0 unspecified atom stereocenters. The van der Waals surface area contributed by atoms with Gasteiger partial charge in [-0.25, -0.2) is 8.78 Å². The largest absolute Gasteiger partial charge is 0.307 e. The van der Waals surface area contributed by atoms with Crippen LogP contribution in [0.1, 0.15) is 16.8 Å².